The van der Waals surface area contributed by atoms with Crippen LogP contribution in [0.25, 0.3) is 0 Å². The highest BCUT2D eigenvalue weighted by molar-refractivity contribution is 6.01. The Hall–Kier alpha value is -4.08. The van der Waals surface area contributed by atoms with Crippen LogP contribution in [0.4, 0.5) is 0 Å². The molecule has 0 spiro atoms. The van der Waals surface area contributed by atoms with Gasteiger partial charge in [0.05, 0.1) is 25.1 Å². The average Bonchev–Trinajstić information content (AvgIpc) is 2.96. The molecule has 10 heteroatoms. The van der Waals surface area contributed by atoms with E-state index in [-0.39, 0.29) is 49.5 Å². The summed E-state index contributed by atoms with van der Waals surface area (Å²) in [6.45, 7) is 11.2. The van der Waals surface area contributed by atoms with Crippen LogP contribution in [0.1, 0.15) is 69.3 Å². The molecule has 2 aromatic rings. The zero-order valence-electron chi connectivity index (χ0n) is 25.3. The predicted molar refractivity (Wildman–Crippen MR) is 160 cm³/mol. The van der Waals surface area contributed by atoms with Gasteiger partial charge in [0, 0.05) is 6.54 Å². The largest absolute Gasteiger partial charge is 0.491 e. The lowest BCUT2D eigenvalue weighted by atomic mass is 10.0. The Morgan fingerprint density at radius 3 is 2.48 bits per heavy atom. The zero-order chi connectivity index (χ0) is 30.6. The summed E-state index contributed by atoms with van der Waals surface area (Å²) in [6.07, 6.45) is 0.0921. The molecule has 0 bridgehead atoms. The van der Waals surface area contributed by atoms with E-state index >= 15 is 0 Å². The van der Waals surface area contributed by atoms with Crippen molar-refractivity contribution in [3.05, 3.63) is 59.7 Å². The molecule has 0 saturated carbocycles. The first-order valence-electron chi connectivity index (χ1n) is 14.7. The van der Waals surface area contributed by atoms with E-state index in [9.17, 15) is 19.2 Å². The van der Waals surface area contributed by atoms with Gasteiger partial charge in [-0.2, -0.15) is 0 Å². The number of hydrogen-bond donors (Lipinski definition) is 3. The molecule has 0 unspecified atom stereocenters. The summed E-state index contributed by atoms with van der Waals surface area (Å²) in [5.41, 5.74) is 1.29. The van der Waals surface area contributed by atoms with Crippen LogP contribution in [-0.2, 0) is 14.4 Å². The minimum absolute atomic E-state index is 0.139. The maximum Gasteiger partial charge on any atom is 0.255 e. The van der Waals surface area contributed by atoms with Crippen LogP contribution >= 0.6 is 0 Å². The van der Waals surface area contributed by atoms with Gasteiger partial charge in [0.15, 0.2) is 0 Å². The Bertz CT molecular complexity index is 1230. The number of fused-ring (bicyclic) bond motifs is 1. The quantitative estimate of drug-likeness (QED) is 0.391. The summed E-state index contributed by atoms with van der Waals surface area (Å²) in [5, 5.41) is 8.29. The smallest absolute Gasteiger partial charge is 0.255 e. The fourth-order valence-electron chi connectivity index (χ4n) is 4.81. The molecule has 0 aromatic heterocycles. The van der Waals surface area contributed by atoms with Crippen molar-refractivity contribution in [1.29, 1.82) is 0 Å². The highest BCUT2D eigenvalue weighted by atomic mass is 16.5. The number of para-hydroxylation sites is 2. The SMILES string of the molecule is CCN1CCOc2ccccc2C(=O)N[C@H](C(=O)NCCOc2ccccc2C(C)C)CC(=O)N[C@@H](CC(C)C)C1=O. The third kappa shape index (κ3) is 9.22. The Balaban J connectivity index is 1.79. The van der Waals surface area contributed by atoms with Crippen LogP contribution in [0.5, 0.6) is 11.5 Å². The summed E-state index contributed by atoms with van der Waals surface area (Å²) in [7, 11) is 0. The number of carbonyl (C=O) groups excluding carboxylic acids is 4. The molecule has 0 aliphatic carbocycles. The molecule has 1 heterocycles. The number of benzene rings is 2. The molecule has 2 atom stereocenters. The summed E-state index contributed by atoms with van der Waals surface area (Å²) in [5.74, 6) is -0.310. The van der Waals surface area contributed by atoms with Gasteiger partial charge in [-0.25, -0.2) is 0 Å². The molecule has 4 amide bonds. The first kappa shape index (κ1) is 32.4. The second-order valence-electron chi connectivity index (χ2n) is 11.1. The van der Waals surface area contributed by atoms with E-state index in [1.807, 2.05) is 45.0 Å². The Morgan fingerprint density at radius 2 is 1.76 bits per heavy atom. The van der Waals surface area contributed by atoms with Crippen LogP contribution in [0.15, 0.2) is 48.5 Å². The Labute approximate surface area is 248 Å². The van der Waals surface area contributed by atoms with Gasteiger partial charge >= 0.3 is 0 Å². The first-order valence-corrected chi connectivity index (χ1v) is 14.7. The van der Waals surface area contributed by atoms with E-state index in [1.54, 1.807) is 29.2 Å². The summed E-state index contributed by atoms with van der Waals surface area (Å²) < 4.78 is 11.8. The van der Waals surface area contributed by atoms with Gasteiger partial charge in [-0.15, -0.1) is 0 Å². The number of rotatable bonds is 9. The van der Waals surface area contributed by atoms with Crippen molar-refractivity contribution in [2.75, 3.05) is 32.8 Å². The van der Waals surface area contributed by atoms with Gasteiger partial charge in [0.1, 0.15) is 36.8 Å². The molecule has 1 aliphatic heterocycles. The third-order valence-corrected chi connectivity index (χ3v) is 7.00. The van der Waals surface area contributed by atoms with E-state index < -0.39 is 29.8 Å². The number of carbonyl (C=O) groups is 4. The predicted octanol–water partition coefficient (Wildman–Crippen LogP) is 3.27. The topological polar surface area (TPSA) is 126 Å². The normalized spacial score (nSPS) is 18.5. The minimum atomic E-state index is -1.19. The highest BCUT2D eigenvalue weighted by Crippen LogP contribution is 2.25. The van der Waals surface area contributed by atoms with Crippen LogP contribution in [0.2, 0.25) is 0 Å². The zero-order valence-corrected chi connectivity index (χ0v) is 25.3. The first-order chi connectivity index (χ1) is 20.1. The molecule has 42 heavy (non-hydrogen) atoms. The lowest BCUT2D eigenvalue weighted by Gasteiger charge is -2.29. The fourth-order valence-corrected chi connectivity index (χ4v) is 4.81. The number of nitrogens with zero attached hydrogens (tertiary/aromatic N) is 1. The van der Waals surface area contributed by atoms with Crippen molar-refractivity contribution < 1.29 is 28.7 Å². The molecule has 2 aromatic carbocycles. The van der Waals surface area contributed by atoms with Gasteiger partial charge in [-0.1, -0.05) is 58.0 Å². The maximum absolute atomic E-state index is 13.4. The molecule has 0 saturated heterocycles. The monoisotopic (exact) mass is 580 g/mol. The standard InChI is InChI=1S/C32H44N4O6/c1-6-36-16-18-42-28-14-10-8-12-24(28)30(38)35-25(20-29(37)34-26(32(36)40)19-21(2)3)31(39)33-15-17-41-27-13-9-7-11-23(27)22(4)5/h7-14,21-22,25-26H,6,15-20H2,1-5H3,(H,33,39)(H,34,37)(H,35,38)/t25-,26-/m0/s1. The number of amides is 4. The van der Waals surface area contributed by atoms with E-state index in [1.165, 1.54) is 0 Å². The number of hydrogen-bond acceptors (Lipinski definition) is 6. The highest BCUT2D eigenvalue weighted by Gasteiger charge is 2.30. The van der Waals surface area contributed by atoms with Gasteiger partial charge in [-0.3, -0.25) is 19.2 Å². The van der Waals surface area contributed by atoms with Gasteiger partial charge in [0.25, 0.3) is 5.91 Å². The summed E-state index contributed by atoms with van der Waals surface area (Å²) in [4.78, 5) is 54.8. The third-order valence-electron chi connectivity index (χ3n) is 7.00. The summed E-state index contributed by atoms with van der Waals surface area (Å²) >= 11 is 0. The molecule has 1 aliphatic rings. The van der Waals surface area contributed by atoms with Crippen LogP contribution in [-0.4, -0.2) is 73.5 Å². The lowest BCUT2D eigenvalue weighted by Crippen LogP contribution is -2.53. The summed E-state index contributed by atoms with van der Waals surface area (Å²) in [6, 6.07) is 12.5. The van der Waals surface area contributed by atoms with E-state index in [0.717, 1.165) is 11.3 Å². The molecular weight excluding hydrogens is 536 g/mol. The molecule has 0 fully saturated rings. The fraction of sp³-hybridized carbons (Fsp3) is 0.500. The van der Waals surface area contributed by atoms with Crippen molar-refractivity contribution in [2.45, 2.75) is 65.5 Å². The lowest BCUT2D eigenvalue weighted by molar-refractivity contribution is -0.137. The van der Waals surface area contributed by atoms with E-state index in [0.29, 0.717) is 25.3 Å². The number of likely N-dealkylation sites (N-methyl/N-ethyl adjacent to an activating group) is 1. The molecule has 228 valence electrons. The van der Waals surface area contributed by atoms with Gasteiger partial charge in [-0.05, 0) is 48.9 Å². The molecular formula is C32H44N4O6. The minimum Gasteiger partial charge on any atom is -0.491 e. The van der Waals surface area contributed by atoms with Crippen molar-refractivity contribution in [1.82, 2.24) is 20.9 Å². The van der Waals surface area contributed by atoms with Crippen LogP contribution < -0.4 is 25.4 Å². The van der Waals surface area contributed by atoms with Gasteiger partial charge in [0.2, 0.25) is 17.7 Å². The van der Waals surface area contributed by atoms with Crippen molar-refractivity contribution >= 4 is 23.6 Å². The van der Waals surface area contributed by atoms with Gasteiger partial charge < -0.3 is 30.3 Å². The van der Waals surface area contributed by atoms with Crippen LogP contribution in [0, 0.1) is 5.92 Å². The molecule has 10 nitrogen and oxygen atoms in total. The number of ether oxygens (including phenoxy) is 2. The van der Waals surface area contributed by atoms with Crippen molar-refractivity contribution in [3.8, 4) is 11.5 Å². The second-order valence-corrected chi connectivity index (χ2v) is 11.1. The van der Waals surface area contributed by atoms with E-state index in [4.69, 9.17) is 9.47 Å². The van der Waals surface area contributed by atoms with Crippen molar-refractivity contribution in [2.24, 2.45) is 5.92 Å². The van der Waals surface area contributed by atoms with Crippen molar-refractivity contribution in [3.63, 3.8) is 0 Å². The average molecular weight is 581 g/mol. The molecule has 3 rings (SSSR count). The van der Waals surface area contributed by atoms with E-state index in [2.05, 4.69) is 29.8 Å². The van der Waals surface area contributed by atoms with Crippen LogP contribution in [0.3, 0.4) is 0 Å². The maximum atomic E-state index is 13.4. The molecule has 0 radical (unpaired) electrons. The Morgan fingerprint density at radius 1 is 1.05 bits per heavy atom. The second kappa shape index (κ2) is 15.8. The molecule has 3 N–H and O–H groups in total. The number of nitrogens with one attached hydrogen (secondary N) is 3. The Kier molecular flexibility index (Phi) is 12.2.